The number of amides is 1. The van der Waals surface area contributed by atoms with Crippen molar-refractivity contribution in [1.82, 2.24) is 25.1 Å². The van der Waals surface area contributed by atoms with Gasteiger partial charge in [0.15, 0.2) is 17.3 Å². The number of rotatable bonds is 7. The van der Waals surface area contributed by atoms with Crippen LogP contribution < -0.4 is 26.4 Å². The Morgan fingerprint density at radius 3 is 2.71 bits per heavy atom. The Labute approximate surface area is 223 Å². The van der Waals surface area contributed by atoms with Gasteiger partial charge >= 0.3 is 11.8 Å². The van der Waals surface area contributed by atoms with Gasteiger partial charge in [-0.1, -0.05) is 6.07 Å². The van der Waals surface area contributed by atoms with Gasteiger partial charge in [-0.2, -0.15) is 4.98 Å². The molecule has 1 aliphatic carbocycles. The average Bonchev–Trinajstić information content (AvgIpc) is 3.35. The predicted molar refractivity (Wildman–Crippen MR) is 145 cm³/mol. The lowest BCUT2D eigenvalue weighted by Gasteiger charge is -2.39. The molecule has 0 spiro atoms. The van der Waals surface area contributed by atoms with Crippen LogP contribution in [0.25, 0.3) is 0 Å². The van der Waals surface area contributed by atoms with Gasteiger partial charge in [-0.15, -0.1) is 0 Å². The highest BCUT2D eigenvalue weighted by molar-refractivity contribution is 5.73. The smallest absolute Gasteiger partial charge is 0.409 e. The molecule has 6 rings (SSSR count). The van der Waals surface area contributed by atoms with Crippen LogP contribution in [0.3, 0.4) is 0 Å². The standard InChI is InChI=1S/C28H38N6O4/c1-28(30-11-2-14-33-15-16-37-27(33)36)9-5-21(6-10-28)34-18-24-25(32-26(34)35)31-22-17-20(3-4-23(22)38-24)19-7-12-29-13-8-19/h3-4,17-19,21,29-30H,2,5-16H2,1H3,(H,31,32,35). The molecule has 38 heavy (non-hydrogen) atoms. The van der Waals surface area contributed by atoms with Crippen molar-refractivity contribution >= 4 is 17.6 Å². The van der Waals surface area contributed by atoms with Gasteiger partial charge in [-0.05, 0) is 95.1 Å². The molecule has 3 aliphatic heterocycles. The van der Waals surface area contributed by atoms with Gasteiger partial charge in [-0.25, -0.2) is 9.59 Å². The van der Waals surface area contributed by atoms with E-state index < -0.39 is 0 Å². The lowest BCUT2D eigenvalue weighted by molar-refractivity contribution is 0.157. The lowest BCUT2D eigenvalue weighted by atomic mass is 9.80. The largest absolute Gasteiger partial charge is 0.450 e. The third kappa shape index (κ3) is 5.24. The Morgan fingerprint density at radius 1 is 1.13 bits per heavy atom. The van der Waals surface area contributed by atoms with Gasteiger partial charge in [0.1, 0.15) is 6.61 Å². The van der Waals surface area contributed by atoms with E-state index in [0.29, 0.717) is 30.6 Å². The van der Waals surface area contributed by atoms with Crippen LogP contribution in [0.15, 0.2) is 29.2 Å². The molecule has 4 aliphatic rings. The van der Waals surface area contributed by atoms with Crippen LogP contribution in [0, 0.1) is 0 Å². The minimum Gasteiger partial charge on any atom is -0.450 e. The first-order valence-electron chi connectivity index (χ1n) is 14.1. The predicted octanol–water partition coefficient (Wildman–Crippen LogP) is 3.87. The molecular formula is C28H38N6O4. The summed E-state index contributed by atoms with van der Waals surface area (Å²) in [6, 6.07) is 6.44. The summed E-state index contributed by atoms with van der Waals surface area (Å²) in [6.45, 7) is 7.09. The fourth-order valence-electron chi connectivity index (χ4n) is 6.25. The molecule has 0 atom stereocenters. The quantitative estimate of drug-likeness (QED) is 0.401. The van der Waals surface area contributed by atoms with E-state index in [2.05, 4.69) is 40.0 Å². The summed E-state index contributed by atoms with van der Waals surface area (Å²) in [5.41, 5.74) is 1.96. The SMILES string of the molecule is CC1(NCCCN2CCOC2=O)CCC(n2cc3c(nc2=O)Nc2cc(C4CCNCC4)ccc2O3)CC1. The van der Waals surface area contributed by atoms with E-state index in [1.54, 1.807) is 9.47 Å². The first-order chi connectivity index (χ1) is 18.5. The number of aromatic nitrogens is 2. The van der Waals surface area contributed by atoms with Gasteiger partial charge in [0.2, 0.25) is 0 Å². The summed E-state index contributed by atoms with van der Waals surface area (Å²) in [5, 5.41) is 10.5. The Hall–Kier alpha value is -3.11. The number of piperidine rings is 1. The van der Waals surface area contributed by atoms with E-state index in [4.69, 9.17) is 9.47 Å². The molecule has 0 unspecified atom stereocenters. The summed E-state index contributed by atoms with van der Waals surface area (Å²) < 4.78 is 13.0. The third-order valence-electron chi connectivity index (χ3n) is 8.66. The number of anilines is 2. The van der Waals surface area contributed by atoms with Crippen LogP contribution in [0.5, 0.6) is 11.5 Å². The van der Waals surface area contributed by atoms with Crippen molar-refractivity contribution in [2.75, 3.05) is 44.6 Å². The topological polar surface area (TPSA) is 110 Å². The van der Waals surface area contributed by atoms with Crippen molar-refractivity contribution in [2.45, 2.75) is 69.4 Å². The molecule has 3 fully saturated rings. The summed E-state index contributed by atoms with van der Waals surface area (Å²) in [4.78, 5) is 30.8. The normalized spacial score (nSPS) is 25.2. The van der Waals surface area contributed by atoms with Crippen LogP contribution in [0.4, 0.5) is 16.3 Å². The minimum absolute atomic E-state index is 0.0242. The number of fused-ring (bicyclic) bond motifs is 2. The number of hydrogen-bond acceptors (Lipinski definition) is 8. The Bertz CT molecular complexity index is 1230. The molecule has 4 heterocycles. The molecule has 1 aromatic heterocycles. The number of nitrogens with one attached hydrogen (secondary N) is 3. The summed E-state index contributed by atoms with van der Waals surface area (Å²) in [6.07, 6.45) is 8.50. The first kappa shape index (κ1) is 25.2. The Kier molecular flexibility index (Phi) is 7.01. The highest BCUT2D eigenvalue weighted by Crippen LogP contribution is 2.43. The summed E-state index contributed by atoms with van der Waals surface area (Å²) in [5.74, 6) is 2.40. The second-order valence-electron chi connectivity index (χ2n) is 11.3. The van der Waals surface area contributed by atoms with E-state index >= 15 is 0 Å². The fourth-order valence-corrected chi connectivity index (χ4v) is 6.25. The minimum atomic E-state index is -0.239. The Balaban J connectivity index is 1.06. The highest BCUT2D eigenvalue weighted by Gasteiger charge is 2.33. The first-order valence-corrected chi connectivity index (χ1v) is 14.1. The van der Waals surface area contributed by atoms with Crippen LogP contribution in [-0.2, 0) is 4.74 Å². The van der Waals surface area contributed by atoms with Crippen molar-refractivity contribution in [3.63, 3.8) is 0 Å². The van der Waals surface area contributed by atoms with Crippen molar-refractivity contribution in [3.05, 3.63) is 40.4 Å². The second-order valence-corrected chi connectivity index (χ2v) is 11.3. The van der Waals surface area contributed by atoms with E-state index in [-0.39, 0.29) is 23.4 Å². The van der Waals surface area contributed by atoms with Crippen molar-refractivity contribution in [1.29, 1.82) is 0 Å². The zero-order valence-corrected chi connectivity index (χ0v) is 22.1. The number of carbonyl (C=O) groups excluding carboxylic acids is 1. The van der Waals surface area contributed by atoms with Crippen LogP contribution >= 0.6 is 0 Å². The van der Waals surface area contributed by atoms with Crippen molar-refractivity contribution in [2.24, 2.45) is 0 Å². The molecular weight excluding hydrogens is 484 g/mol. The fraction of sp³-hybridized carbons (Fsp3) is 0.607. The van der Waals surface area contributed by atoms with Crippen molar-refractivity contribution in [3.8, 4) is 11.5 Å². The number of benzene rings is 1. The lowest BCUT2D eigenvalue weighted by Crippen LogP contribution is -2.47. The molecule has 10 nitrogen and oxygen atoms in total. The molecule has 10 heteroatoms. The highest BCUT2D eigenvalue weighted by atomic mass is 16.6. The molecule has 2 saturated heterocycles. The molecule has 3 N–H and O–H groups in total. The third-order valence-corrected chi connectivity index (χ3v) is 8.66. The summed E-state index contributed by atoms with van der Waals surface area (Å²) in [7, 11) is 0. The van der Waals surface area contributed by atoms with E-state index in [0.717, 1.165) is 82.6 Å². The number of hydrogen-bond donors (Lipinski definition) is 3. The van der Waals surface area contributed by atoms with Crippen LogP contribution in [0.1, 0.15) is 69.4 Å². The Morgan fingerprint density at radius 2 is 1.95 bits per heavy atom. The maximum absolute atomic E-state index is 13.0. The molecule has 1 amide bonds. The van der Waals surface area contributed by atoms with Gasteiger partial charge in [0.05, 0.1) is 18.4 Å². The number of nitrogens with zero attached hydrogens (tertiary/aromatic N) is 3. The average molecular weight is 523 g/mol. The van der Waals surface area contributed by atoms with Gasteiger partial charge in [-0.3, -0.25) is 4.57 Å². The monoisotopic (exact) mass is 522 g/mol. The number of ether oxygens (including phenoxy) is 2. The number of cyclic esters (lactones) is 1. The van der Waals surface area contributed by atoms with Crippen LogP contribution in [-0.4, -0.2) is 65.4 Å². The zero-order chi connectivity index (χ0) is 26.1. The zero-order valence-electron chi connectivity index (χ0n) is 22.1. The van der Waals surface area contributed by atoms with E-state index in [1.165, 1.54) is 5.56 Å². The molecule has 0 bridgehead atoms. The second kappa shape index (κ2) is 10.6. The van der Waals surface area contributed by atoms with Gasteiger partial charge in [0, 0.05) is 18.1 Å². The van der Waals surface area contributed by atoms with Gasteiger partial charge in [0.25, 0.3) is 0 Å². The number of carbonyl (C=O) groups is 1. The molecule has 2 aromatic rings. The van der Waals surface area contributed by atoms with Gasteiger partial charge < -0.3 is 30.3 Å². The van der Waals surface area contributed by atoms with E-state index in [9.17, 15) is 9.59 Å². The molecule has 204 valence electrons. The molecule has 1 aromatic carbocycles. The molecule has 0 radical (unpaired) electrons. The maximum atomic E-state index is 13.0. The summed E-state index contributed by atoms with van der Waals surface area (Å²) >= 11 is 0. The maximum Gasteiger partial charge on any atom is 0.409 e. The van der Waals surface area contributed by atoms with Crippen LogP contribution in [0.2, 0.25) is 0 Å². The molecule has 1 saturated carbocycles. The van der Waals surface area contributed by atoms with E-state index in [1.807, 2.05) is 12.3 Å². The van der Waals surface area contributed by atoms with Crippen molar-refractivity contribution < 1.29 is 14.3 Å².